The van der Waals surface area contributed by atoms with Crippen molar-refractivity contribution in [3.63, 3.8) is 0 Å². The van der Waals surface area contributed by atoms with Crippen molar-refractivity contribution < 1.29 is 9.13 Å². The van der Waals surface area contributed by atoms with Crippen LogP contribution in [0, 0.1) is 5.92 Å². The zero-order valence-electron chi connectivity index (χ0n) is 8.21. The fourth-order valence-electron chi connectivity index (χ4n) is 1.39. The van der Waals surface area contributed by atoms with E-state index in [4.69, 9.17) is 4.74 Å². The van der Waals surface area contributed by atoms with Crippen LogP contribution in [0.5, 0.6) is 0 Å². The van der Waals surface area contributed by atoms with Crippen LogP contribution in [0.2, 0.25) is 0 Å². The summed E-state index contributed by atoms with van der Waals surface area (Å²) in [6, 6.07) is 0. The summed E-state index contributed by atoms with van der Waals surface area (Å²) in [4.78, 5) is 2.21. The lowest BCUT2D eigenvalue weighted by Crippen LogP contribution is -2.48. The maximum atomic E-state index is 12.0. The Kier molecular flexibility index (Phi) is 4.39. The van der Waals surface area contributed by atoms with E-state index >= 15 is 0 Å². The molecule has 1 rings (SSSR count). The summed E-state index contributed by atoms with van der Waals surface area (Å²) < 4.78 is 17.5. The highest BCUT2D eigenvalue weighted by Gasteiger charge is 2.25. The van der Waals surface area contributed by atoms with Crippen molar-refractivity contribution in [2.24, 2.45) is 5.92 Å². The van der Waals surface area contributed by atoms with Crippen LogP contribution in [0.3, 0.4) is 0 Å². The van der Waals surface area contributed by atoms with Crippen LogP contribution in [0.1, 0.15) is 6.92 Å². The Hall–Kier alpha value is -0.410. The predicted molar refractivity (Wildman–Crippen MR) is 51.5 cm³/mol. The minimum Gasteiger partial charge on any atom is -0.373 e. The molecule has 0 radical (unpaired) electrons. The molecule has 1 aliphatic rings. The second-order valence-electron chi connectivity index (χ2n) is 3.59. The van der Waals surface area contributed by atoms with E-state index < -0.39 is 0 Å². The smallest absolute Gasteiger partial charge is 0.0947 e. The largest absolute Gasteiger partial charge is 0.373 e. The van der Waals surface area contributed by atoms with Gasteiger partial charge in [0.1, 0.15) is 0 Å². The first-order valence-electron chi connectivity index (χ1n) is 4.78. The summed E-state index contributed by atoms with van der Waals surface area (Å²) in [5, 5.41) is 0. The first-order valence-corrected chi connectivity index (χ1v) is 4.78. The average molecular weight is 187 g/mol. The normalized spacial score (nSPS) is 21.1. The van der Waals surface area contributed by atoms with Crippen LogP contribution >= 0.6 is 0 Å². The lowest BCUT2D eigenvalue weighted by Gasteiger charge is -2.37. The first kappa shape index (κ1) is 10.7. The minimum absolute atomic E-state index is 0.123. The summed E-state index contributed by atoms with van der Waals surface area (Å²) >= 11 is 0. The lowest BCUT2D eigenvalue weighted by molar-refractivity contribution is 0.0266. The summed E-state index contributed by atoms with van der Waals surface area (Å²) in [6.07, 6.45) is 1.90. The van der Waals surface area contributed by atoms with Crippen LogP contribution in [0.25, 0.3) is 0 Å². The van der Waals surface area contributed by atoms with Crippen molar-refractivity contribution in [3.8, 4) is 0 Å². The molecule has 0 aromatic heterocycles. The Morgan fingerprint density at radius 3 is 2.92 bits per heavy atom. The highest BCUT2D eigenvalue weighted by atomic mass is 19.1. The number of halogens is 1. The van der Waals surface area contributed by atoms with Gasteiger partial charge in [0.25, 0.3) is 0 Å². The monoisotopic (exact) mass is 187 g/mol. The maximum absolute atomic E-state index is 12.0. The maximum Gasteiger partial charge on any atom is 0.0947 e. The number of hydrogen-bond acceptors (Lipinski definition) is 2. The minimum atomic E-state index is -0.180. The number of nitrogens with zero attached hydrogens (tertiary/aromatic N) is 1. The molecule has 1 saturated heterocycles. The van der Waals surface area contributed by atoms with E-state index in [1.165, 1.54) is 0 Å². The molecule has 1 heterocycles. The van der Waals surface area contributed by atoms with Gasteiger partial charge < -0.3 is 9.64 Å². The summed E-state index contributed by atoms with van der Waals surface area (Å²) in [7, 11) is 0. The van der Waals surface area contributed by atoms with Gasteiger partial charge >= 0.3 is 0 Å². The molecule has 0 aromatic rings. The summed E-state index contributed by atoms with van der Waals surface area (Å²) in [6.45, 7) is 8.82. The lowest BCUT2D eigenvalue weighted by atomic mass is 10.0. The fraction of sp³-hybridized carbons (Fsp3) is 0.800. The van der Waals surface area contributed by atoms with Crippen molar-refractivity contribution in [1.29, 1.82) is 0 Å². The van der Waals surface area contributed by atoms with Gasteiger partial charge in [-0.25, -0.2) is 0 Å². The third kappa shape index (κ3) is 3.44. The van der Waals surface area contributed by atoms with Gasteiger partial charge in [-0.1, -0.05) is 6.08 Å². The number of rotatable bonds is 6. The first-order chi connectivity index (χ1) is 6.26. The highest BCUT2D eigenvalue weighted by Crippen LogP contribution is 2.14. The topological polar surface area (TPSA) is 12.5 Å². The van der Waals surface area contributed by atoms with E-state index in [-0.39, 0.29) is 18.7 Å². The number of alkyl halides is 1. The zero-order valence-corrected chi connectivity index (χ0v) is 8.21. The molecule has 0 aromatic carbocycles. The van der Waals surface area contributed by atoms with Crippen molar-refractivity contribution in [2.75, 3.05) is 32.9 Å². The Morgan fingerprint density at radius 1 is 1.69 bits per heavy atom. The quantitative estimate of drug-likeness (QED) is 0.584. The molecule has 3 heteroatoms. The van der Waals surface area contributed by atoms with E-state index in [2.05, 4.69) is 11.5 Å². The van der Waals surface area contributed by atoms with Crippen LogP contribution < -0.4 is 0 Å². The molecule has 0 bridgehead atoms. The molecule has 0 spiro atoms. The predicted octanol–water partition coefficient (Wildman–Crippen LogP) is 1.48. The van der Waals surface area contributed by atoms with Gasteiger partial charge in [-0.2, -0.15) is 0 Å². The van der Waals surface area contributed by atoms with Gasteiger partial charge in [0.05, 0.1) is 19.4 Å². The zero-order chi connectivity index (χ0) is 9.68. The molecule has 2 nitrogen and oxygen atoms in total. The second kappa shape index (κ2) is 5.35. The third-order valence-corrected chi connectivity index (χ3v) is 2.37. The molecule has 0 amide bonds. The fourth-order valence-corrected chi connectivity index (χ4v) is 1.39. The standard InChI is InChI=1S/C10H18FNO/c1-3-9(2)13-5-4-12-7-10(6-11)8-12/h3,9-10H,1,4-8H2,2H3. The molecule has 76 valence electrons. The molecule has 1 aliphatic heterocycles. The average Bonchev–Trinajstić information content (AvgIpc) is 2.08. The van der Waals surface area contributed by atoms with Crippen LogP contribution in [-0.4, -0.2) is 43.9 Å². The SMILES string of the molecule is C=CC(C)OCCN1CC(CF)C1. The molecule has 0 N–H and O–H groups in total. The molecule has 13 heavy (non-hydrogen) atoms. The van der Waals surface area contributed by atoms with E-state index in [1.54, 1.807) is 6.08 Å². The molecule has 1 fully saturated rings. The van der Waals surface area contributed by atoms with E-state index in [1.807, 2.05) is 6.92 Å². The van der Waals surface area contributed by atoms with Crippen LogP contribution in [0.15, 0.2) is 12.7 Å². The van der Waals surface area contributed by atoms with Gasteiger partial charge in [-0.05, 0) is 6.92 Å². The molecule has 1 unspecified atom stereocenters. The number of ether oxygens (including phenoxy) is 1. The third-order valence-electron chi connectivity index (χ3n) is 2.37. The van der Waals surface area contributed by atoms with Gasteiger partial charge in [0.2, 0.25) is 0 Å². The highest BCUT2D eigenvalue weighted by molar-refractivity contribution is 4.79. The molecule has 1 atom stereocenters. The second-order valence-corrected chi connectivity index (χ2v) is 3.59. The molecular weight excluding hydrogens is 169 g/mol. The van der Waals surface area contributed by atoms with Gasteiger partial charge in [-0.3, -0.25) is 4.39 Å². The van der Waals surface area contributed by atoms with Gasteiger partial charge in [0.15, 0.2) is 0 Å². The number of hydrogen-bond donors (Lipinski definition) is 0. The van der Waals surface area contributed by atoms with Crippen LogP contribution in [-0.2, 0) is 4.74 Å². The van der Waals surface area contributed by atoms with Gasteiger partial charge in [-0.15, -0.1) is 6.58 Å². The number of likely N-dealkylation sites (tertiary alicyclic amines) is 1. The Balaban J connectivity index is 1.93. The molecule has 0 aliphatic carbocycles. The van der Waals surface area contributed by atoms with E-state index in [9.17, 15) is 4.39 Å². The van der Waals surface area contributed by atoms with Crippen molar-refractivity contribution in [3.05, 3.63) is 12.7 Å². The van der Waals surface area contributed by atoms with E-state index in [0.717, 1.165) is 19.6 Å². The summed E-state index contributed by atoms with van der Waals surface area (Å²) in [5.41, 5.74) is 0. The molecular formula is C10H18FNO. The Bertz CT molecular complexity index is 157. The van der Waals surface area contributed by atoms with Crippen LogP contribution in [0.4, 0.5) is 4.39 Å². The Labute approximate surface area is 79.4 Å². The van der Waals surface area contributed by atoms with Crippen molar-refractivity contribution >= 4 is 0 Å². The summed E-state index contributed by atoms with van der Waals surface area (Å²) in [5.74, 6) is 0.275. The van der Waals surface area contributed by atoms with Crippen molar-refractivity contribution in [2.45, 2.75) is 13.0 Å². The van der Waals surface area contributed by atoms with Crippen molar-refractivity contribution in [1.82, 2.24) is 4.90 Å². The Morgan fingerprint density at radius 2 is 2.38 bits per heavy atom. The van der Waals surface area contributed by atoms with E-state index in [0.29, 0.717) is 6.61 Å². The van der Waals surface area contributed by atoms with Gasteiger partial charge in [0, 0.05) is 25.6 Å². The molecule has 0 saturated carbocycles.